The van der Waals surface area contributed by atoms with Gasteiger partial charge in [-0.3, -0.25) is 9.69 Å². The zero-order chi connectivity index (χ0) is 6.85. The number of nitrogens with zero attached hydrogens (tertiary/aromatic N) is 1. The molecule has 3 nitrogen and oxygen atoms in total. The highest BCUT2D eigenvalue weighted by Gasteiger charge is 2.18. The zero-order valence-corrected chi connectivity index (χ0v) is 5.63. The molecule has 2 N–H and O–H groups in total. The van der Waals surface area contributed by atoms with Crippen LogP contribution in [0.15, 0.2) is 0 Å². The van der Waals surface area contributed by atoms with Crippen molar-refractivity contribution in [2.24, 2.45) is 5.73 Å². The average Bonchev–Trinajstić information content (AvgIpc) is 1.59. The Labute approximate surface area is 54.8 Å². The zero-order valence-electron chi connectivity index (χ0n) is 5.63. The lowest BCUT2D eigenvalue weighted by molar-refractivity contribution is -0.122. The van der Waals surface area contributed by atoms with Gasteiger partial charge < -0.3 is 5.73 Å². The largest absolute Gasteiger partial charge is 0.326 e. The van der Waals surface area contributed by atoms with Gasteiger partial charge in [-0.25, -0.2) is 0 Å². The first-order chi connectivity index (χ1) is 4.18. The molecule has 1 aliphatic heterocycles. The highest BCUT2D eigenvalue weighted by molar-refractivity contribution is 5.81. The van der Waals surface area contributed by atoms with Crippen LogP contribution in [0.4, 0.5) is 0 Å². The molecule has 1 aliphatic rings. The van der Waals surface area contributed by atoms with E-state index >= 15 is 0 Å². The number of carbonyl (C=O) groups is 1. The molecule has 0 bridgehead atoms. The third-order valence-corrected chi connectivity index (χ3v) is 1.48. The number of hydrogen-bond donors (Lipinski definition) is 1. The van der Waals surface area contributed by atoms with E-state index in [1.165, 1.54) is 0 Å². The fraction of sp³-hybridized carbons (Fsp3) is 0.833. The minimum atomic E-state index is 0.0660. The summed E-state index contributed by atoms with van der Waals surface area (Å²) in [6.07, 6.45) is 0.560. The highest BCUT2D eigenvalue weighted by Crippen LogP contribution is 2.01. The lowest BCUT2D eigenvalue weighted by atomic mass is 10.1. The van der Waals surface area contributed by atoms with Gasteiger partial charge in [-0.1, -0.05) is 0 Å². The summed E-state index contributed by atoms with van der Waals surface area (Å²) in [7, 11) is 1.91. The van der Waals surface area contributed by atoms with Crippen molar-refractivity contribution >= 4 is 5.78 Å². The molecule has 9 heavy (non-hydrogen) atoms. The maximum absolute atomic E-state index is 10.8. The van der Waals surface area contributed by atoms with Crippen molar-refractivity contribution in [2.75, 3.05) is 20.1 Å². The van der Waals surface area contributed by atoms with Crippen LogP contribution in [-0.2, 0) is 4.79 Å². The summed E-state index contributed by atoms with van der Waals surface area (Å²) in [5.74, 6) is 0.260. The standard InChI is InChI=1S/C6H12N2O/c1-8-3-5(7)2-6(9)4-8/h5H,2-4,7H2,1H3. The monoisotopic (exact) mass is 128 g/mol. The van der Waals surface area contributed by atoms with Gasteiger partial charge in [-0.15, -0.1) is 0 Å². The van der Waals surface area contributed by atoms with Crippen molar-refractivity contribution in [3.05, 3.63) is 0 Å². The number of likely N-dealkylation sites (N-methyl/N-ethyl adjacent to an activating group) is 1. The second-order valence-corrected chi connectivity index (χ2v) is 2.70. The summed E-state index contributed by atoms with van der Waals surface area (Å²) in [6.45, 7) is 1.43. The van der Waals surface area contributed by atoms with Gasteiger partial charge in [-0.05, 0) is 7.05 Å². The molecule has 1 fully saturated rings. The molecule has 0 saturated carbocycles. The first-order valence-electron chi connectivity index (χ1n) is 3.14. The smallest absolute Gasteiger partial charge is 0.148 e. The molecule has 0 radical (unpaired) electrons. The molecule has 0 aromatic rings. The van der Waals surface area contributed by atoms with Gasteiger partial charge >= 0.3 is 0 Å². The van der Waals surface area contributed by atoms with Crippen LogP contribution in [0, 0.1) is 0 Å². The molecule has 0 spiro atoms. The second-order valence-electron chi connectivity index (χ2n) is 2.70. The van der Waals surface area contributed by atoms with E-state index in [0.717, 1.165) is 6.54 Å². The van der Waals surface area contributed by atoms with E-state index in [9.17, 15) is 4.79 Å². The molecule has 1 rings (SSSR count). The van der Waals surface area contributed by atoms with Gasteiger partial charge in [0, 0.05) is 19.0 Å². The van der Waals surface area contributed by atoms with E-state index in [0.29, 0.717) is 13.0 Å². The Morgan fingerprint density at radius 2 is 2.44 bits per heavy atom. The van der Waals surface area contributed by atoms with E-state index in [1.807, 2.05) is 11.9 Å². The summed E-state index contributed by atoms with van der Waals surface area (Å²) in [4.78, 5) is 12.7. The minimum absolute atomic E-state index is 0.0660. The third-order valence-electron chi connectivity index (χ3n) is 1.48. The van der Waals surface area contributed by atoms with Crippen LogP contribution in [0.2, 0.25) is 0 Å². The van der Waals surface area contributed by atoms with Gasteiger partial charge in [0.2, 0.25) is 0 Å². The minimum Gasteiger partial charge on any atom is -0.326 e. The normalized spacial score (nSPS) is 30.9. The van der Waals surface area contributed by atoms with E-state index in [4.69, 9.17) is 5.73 Å². The Balaban J connectivity index is 2.43. The van der Waals surface area contributed by atoms with E-state index in [-0.39, 0.29) is 11.8 Å². The number of Topliss-reactive ketones (excluding diaryl/α,β-unsaturated/α-hetero) is 1. The van der Waals surface area contributed by atoms with Crippen LogP contribution in [0.25, 0.3) is 0 Å². The summed E-state index contributed by atoms with van der Waals surface area (Å²) < 4.78 is 0. The summed E-state index contributed by atoms with van der Waals surface area (Å²) in [6, 6.07) is 0.0660. The number of nitrogens with two attached hydrogens (primary N) is 1. The van der Waals surface area contributed by atoms with Gasteiger partial charge in [0.05, 0.1) is 6.54 Å². The quantitative estimate of drug-likeness (QED) is 0.465. The Hall–Kier alpha value is -0.410. The molecule has 0 aromatic heterocycles. The number of ketones is 1. The number of carbonyl (C=O) groups excluding carboxylic acids is 1. The van der Waals surface area contributed by atoms with Gasteiger partial charge in [0.1, 0.15) is 5.78 Å². The molecule has 1 atom stereocenters. The third kappa shape index (κ3) is 1.77. The summed E-state index contributed by atoms with van der Waals surface area (Å²) >= 11 is 0. The molecule has 1 unspecified atom stereocenters. The predicted octanol–water partition coefficient (Wildman–Crippen LogP) is -0.782. The Morgan fingerprint density at radius 3 is 2.89 bits per heavy atom. The van der Waals surface area contributed by atoms with Crippen molar-refractivity contribution in [3.63, 3.8) is 0 Å². The number of piperidine rings is 1. The molecular formula is C6H12N2O. The van der Waals surface area contributed by atoms with E-state index in [2.05, 4.69) is 0 Å². The van der Waals surface area contributed by atoms with E-state index < -0.39 is 0 Å². The fourth-order valence-electron chi connectivity index (χ4n) is 1.19. The van der Waals surface area contributed by atoms with Crippen LogP contribution in [0.3, 0.4) is 0 Å². The van der Waals surface area contributed by atoms with Crippen molar-refractivity contribution < 1.29 is 4.79 Å². The first kappa shape index (κ1) is 6.71. The average molecular weight is 128 g/mol. The molecule has 1 heterocycles. The van der Waals surface area contributed by atoms with Gasteiger partial charge in [0.25, 0.3) is 0 Å². The molecule has 52 valence electrons. The van der Waals surface area contributed by atoms with Crippen LogP contribution < -0.4 is 5.73 Å². The Bertz CT molecular complexity index is 112. The number of rotatable bonds is 0. The van der Waals surface area contributed by atoms with Crippen LogP contribution in [0.5, 0.6) is 0 Å². The van der Waals surface area contributed by atoms with Crippen LogP contribution in [0.1, 0.15) is 6.42 Å². The molecule has 1 saturated heterocycles. The molecule has 0 aliphatic carbocycles. The second kappa shape index (κ2) is 2.45. The van der Waals surface area contributed by atoms with Crippen LogP contribution in [-0.4, -0.2) is 36.9 Å². The summed E-state index contributed by atoms with van der Waals surface area (Å²) in [5, 5.41) is 0. The summed E-state index contributed by atoms with van der Waals surface area (Å²) in [5.41, 5.74) is 5.55. The Morgan fingerprint density at radius 1 is 1.78 bits per heavy atom. The van der Waals surface area contributed by atoms with Crippen molar-refractivity contribution in [1.29, 1.82) is 0 Å². The van der Waals surface area contributed by atoms with Crippen molar-refractivity contribution in [3.8, 4) is 0 Å². The molecular weight excluding hydrogens is 116 g/mol. The maximum Gasteiger partial charge on any atom is 0.148 e. The molecule has 0 amide bonds. The lowest BCUT2D eigenvalue weighted by Gasteiger charge is -2.25. The SMILES string of the molecule is CN1CC(=O)CC(N)C1. The lowest BCUT2D eigenvalue weighted by Crippen LogP contribution is -2.45. The van der Waals surface area contributed by atoms with E-state index in [1.54, 1.807) is 0 Å². The van der Waals surface area contributed by atoms with Gasteiger partial charge in [-0.2, -0.15) is 0 Å². The maximum atomic E-state index is 10.8. The number of likely N-dealkylation sites (tertiary alicyclic amines) is 1. The predicted molar refractivity (Wildman–Crippen MR) is 35.1 cm³/mol. The molecule has 0 aromatic carbocycles. The van der Waals surface area contributed by atoms with Gasteiger partial charge in [0.15, 0.2) is 0 Å². The van der Waals surface area contributed by atoms with Crippen molar-refractivity contribution in [1.82, 2.24) is 4.90 Å². The highest BCUT2D eigenvalue weighted by atomic mass is 16.1. The first-order valence-corrected chi connectivity index (χ1v) is 3.14. The molecule has 3 heteroatoms. The Kier molecular flexibility index (Phi) is 1.83. The fourth-order valence-corrected chi connectivity index (χ4v) is 1.19. The van der Waals surface area contributed by atoms with Crippen LogP contribution >= 0.6 is 0 Å². The number of hydrogen-bond acceptors (Lipinski definition) is 3. The topological polar surface area (TPSA) is 46.3 Å². The van der Waals surface area contributed by atoms with Crippen molar-refractivity contribution in [2.45, 2.75) is 12.5 Å².